The molecule has 1 aromatic carbocycles. The number of benzene rings is 1. The van der Waals surface area contributed by atoms with Crippen molar-refractivity contribution < 1.29 is 9.84 Å². The first-order valence-electron chi connectivity index (χ1n) is 5.99. The lowest BCUT2D eigenvalue weighted by molar-refractivity contribution is 0.177. The zero-order valence-electron chi connectivity index (χ0n) is 9.73. The molecule has 0 aliphatic heterocycles. The number of ether oxygens (including phenoxy) is 1. The van der Waals surface area contributed by atoms with E-state index >= 15 is 0 Å². The highest BCUT2D eigenvalue weighted by molar-refractivity contribution is 6.30. The molecule has 0 heterocycles. The topological polar surface area (TPSA) is 55.5 Å². The fraction of sp³-hybridized carbons (Fsp3) is 0.538. The molecule has 4 heteroatoms. The largest absolute Gasteiger partial charge is 0.493 e. The molecular weight excluding hydrogens is 238 g/mol. The molecule has 0 amide bonds. The van der Waals surface area contributed by atoms with Gasteiger partial charge in [0.25, 0.3) is 0 Å². The third kappa shape index (κ3) is 3.12. The van der Waals surface area contributed by atoms with Crippen molar-refractivity contribution in [1.29, 1.82) is 0 Å². The molecule has 0 spiro atoms. The van der Waals surface area contributed by atoms with Crippen molar-refractivity contribution in [3.63, 3.8) is 0 Å². The van der Waals surface area contributed by atoms with Crippen molar-refractivity contribution >= 4 is 11.6 Å². The van der Waals surface area contributed by atoms with E-state index in [4.69, 9.17) is 27.2 Å². The van der Waals surface area contributed by atoms with Gasteiger partial charge in [-0.2, -0.15) is 0 Å². The van der Waals surface area contributed by atoms with E-state index in [9.17, 15) is 0 Å². The van der Waals surface area contributed by atoms with Crippen LogP contribution >= 0.6 is 11.6 Å². The van der Waals surface area contributed by atoms with Crippen molar-refractivity contribution in [2.45, 2.75) is 25.3 Å². The van der Waals surface area contributed by atoms with Crippen LogP contribution < -0.4 is 10.5 Å². The Morgan fingerprint density at radius 2 is 2.24 bits per heavy atom. The first kappa shape index (κ1) is 12.7. The Morgan fingerprint density at radius 3 is 2.82 bits per heavy atom. The van der Waals surface area contributed by atoms with E-state index in [1.165, 1.54) is 19.3 Å². The summed E-state index contributed by atoms with van der Waals surface area (Å²) in [6, 6.07) is 4.93. The highest BCUT2D eigenvalue weighted by Crippen LogP contribution is 2.31. The molecule has 1 unspecified atom stereocenters. The van der Waals surface area contributed by atoms with Crippen LogP contribution in [0.4, 0.5) is 0 Å². The minimum absolute atomic E-state index is 0.111. The van der Waals surface area contributed by atoms with Crippen molar-refractivity contribution in [3.05, 3.63) is 28.8 Å². The van der Waals surface area contributed by atoms with E-state index in [1.807, 2.05) is 6.07 Å². The molecule has 1 fully saturated rings. The summed E-state index contributed by atoms with van der Waals surface area (Å²) in [6.45, 7) is 0.618. The van der Waals surface area contributed by atoms with Crippen LogP contribution in [0.5, 0.6) is 5.75 Å². The average Bonchev–Trinajstić information content (AvgIpc) is 2.27. The molecule has 2 rings (SSSR count). The zero-order valence-corrected chi connectivity index (χ0v) is 10.5. The number of nitrogens with two attached hydrogens (primary N) is 1. The van der Waals surface area contributed by atoms with Gasteiger partial charge >= 0.3 is 0 Å². The van der Waals surface area contributed by atoms with Crippen LogP contribution in [-0.4, -0.2) is 18.3 Å². The van der Waals surface area contributed by atoms with Gasteiger partial charge < -0.3 is 15.6 Å². The fourth-order valence-electron chi connectivity index (χ4n) is 1.91. The molecule has 1 atom stereocenters. The summed E-state index contributed by atoms with van der Waals surface area (Å²) in [6.07, 6.45) is 3.79. The lowest BCUT2D eigenvalue weighted by Crippen LogP contribution is -2.21. The van der Waals surface area contributed by atoms with E-state index in [0.29, 0.717) is 10.9 Å². The van der Waals surface area contributed by atoms with Gasteiger partial charge in [-0.25, -0.2) is 0 Å². The quantitative estimate of drug-likeness (QED) is 0.850. The third-order valence-corrected chi connectivity index (χ3v) is 3.50. The summed E-state index contributed by atoms with van der Waals surface area (Å²) >= 11 is 5.93. The second kappa shape index (κ2) is 5.71. The van der Waals surface area contributed by atoms with E-state index in [-0.39, 0.29) is 6.61 Å². The Hall–Kier alpha value is -0.770. The molecule has 17 heavy (non-hydrogen) atoms. The third-order valence-electron chi connectivity index (χ3n) is 3.27. The Balaban J connectivity index is 2.07. The SMILES string of the molecule is NC(CO)c1cc(Cl)ccc1OCC1CCC1. The van der Waals surface area contributed by atoms with E-state index < -0.39 is 6.04 Å². The summed E-state index contributed by atoms with van der Waals surface area (Å²) < 4.78 is 5.77. The van der Waals surface area contributed by atoms with Crippen molar-refractivity contribution in [3.8, 4) is 5.75 Å². The van der Waals surface area contributed by atoms with Gasteiger partial charge in [0.15, 0.2) is 0 Å². The molecule has 1 aromatic rings. The molecule has 1 aliphatic rings. The van der Waals surface area contributed by atoms with Gasteiger partial charge in [-0.1, -0.05) is 18.0 Å². The normalized spacial score (nSPS) is 17.6. The minimum atomic E-state index is -0.440. The predicted octanol–water partition coefficient (Wildman–Crippen LogP) is 2.51. The van der Waals surface area contributed by atoms with Crippen LogP contribution in [0.15, 0.2) is 18.2 Å². The summed E-state index contributed by atoms with van der Waals surface area (Å²) in [5, 5.41) is 9.73. The van der Waals surface area contributed by atoms with Crippen LogP contribution in [0.25, 0.3) is 0 Å². The summed E-state index contributed by atoms with van der Waals surface area (Å²) in [4.78, 5) is 0. The van der Waals surface area contributed by atoms with Crippen LogP contribution in [0.3, 0.4) is 0 Å². The van der Waals surface area contributed by atoms with Gasteiger partial charge in [-0.3, -0.25) is 0 Å². The summed E-state index contributed by atoms with van der Waals surface area (Å²) in [7, 11) is 0. The zero-order chi connectivity index (χ0) is 12.3. The standard InChI is InChI=1S/C13H18ClNO2/c14-10-4-5-13(11(6-10)12(15)7-16)17-8-9-2-1-3-9/h4-6,9,12,16H,1-3,7-8,15H2. The number of hydrogen-bond acceptors (Lipinski definition) is 3. The first-order chi connectivity index (χ1) is 8.20. The maximum Gasteiger partial charge on any atom is 0.124 e. The number of aliphatic hydroxyl groups excluding tert-OH is 1. The second-order valence-electron chi connectivity index (χ2n) is 4.58. The monoisotopic (exact) mass is 255 g/mol. The van der Waals surface area contributed by atoms with E-state index in [2.05, 4.69) is 0 Å². The number of halogens is 1. The molecule has 3 nitrogen and oxygen atoms in total. The van der Waals surface area contributed by atoms with Crippen LogP contribution in [0.1, 0.15) is 30.9 Å². The number of hydrogen-bond donors (Lipinski definition) is 2. The average molecular weight is 256 g/mol. The van der Waals surface area contributed by atoms with Crippen LogP contribution in [0.2, 0.25) is 5.02 Å². The minimum Gasteiger partial charge on any atom is -0.493 e. The van der Waals surface area contributed by atoms with Gasteiger partial charge in [-0.15, -0.1) is 0 Å². The molecule has 1 saturated carbocycles. The van der Waals surface area contributed by atoms with E-state index in [0.717, 1.165) is 17.9 Å². The van der Waals surface area contributed by atoms with Crippen molar-refractivity contribution in [2.75, 3.05) is 13.2 Å². The predicted molar refractivity (Wildman–Crippen MR) is 68.3 cm³/mol. The lowest BCUT2D eigenvalue weighted by atomic mass is 9.86. The van der Waals surface area contributed by atoms with Crippen molar-refractivity contribution in [1.82, 2.24) is 0 Å². The highest BCUT2D eigenvalue weighted by atomic mass is 35.5. The number of rotatable bonds is 5. The fourth-order valence-corrected chi connectivity index (χ4v) is 2.09. The van der Waals surface area contributed by atoms with Gasteiger partial charge in [0, 0.05) is 10.6 Å². The Labute approximate surface area is 107 Å². The van der Waals surface area contributed by atoms with Crippen LogP contribution in [0, 0.1) is 5.92 Å². The Kier molecular flexibility index (Phi) is 4.26. The summed E-state index contributed by atoms with van der Waals surface area (Å²) in [5.41, 5.74) is 6.61. The smallest absolute Gasteiger partial charge is 0.124 e. The Morgan fingerprint density at radius 1 is 1.47 bits per heavy atom. The summed E-state index contributed by atoms with van der Waals surface area (Å²) in [5.74, 6) is 1.41. The van der Waals surface area contributed by atoms with Gasteiger partial charge in [0.1, 0.15) is 5.75 Å². The van der Waals surface area contributed by atoms with Crippen LogP contribution in [-0.2, 0) is 0 Å². The molecule has 0 bridgehead atoms. The molecule has 3 N–H and O–H groups in total. The lowest BCUT2D eigenvalue weighted by Gasteiger charge is -2.26. The molecule has 0 aromatic heterocycles. The first-order valence-corrected chi connectivity index (χ1v) is 6.37. The van der Waals surface area contributed by atoms with Gasteiger partial charge in [0.05, 0.1) is 19.3 Å². The Bertz CT molecular complexity index is 380. The molecule has 0 radical (unpaired) electrons. The number of aliphatic hydroxyl groups is 1. The maximum atomic E-state index is 9.11. The van der Waals surface area contributed by atoms with Crippen molar-refractivity contribution in [2.24, 2.45) is 11.7 Å². The molecule has 94 valence electrons. The van der Waals surface area contributed by atoms with E-state index in [1.54, 1.807) is 12.1 Å². The van der Waals surface area contributed by atoms with Gasteiger partial charge in [-0.05, 0) is 37.0 Å². The second-order valence-corrected chi connectivity index (χ2v) is 5.02. The molecule has 0 saturated heterocycles. The van der Waals surface area contributed by atoms with Gasteiger partial charge in [0.2, 0.25) is 0 Å². The molecule has 1 aliphatic carbocycles. The highest BCUT2D eigenvalue weighted by Gasteiger charge is 2.19. The molecular formula is C13H18ClNO2. The maximum absolute atomic E-state index is 9.11.